The van der Waals surface area contributed by atoms with Crippen molar-refractivity contribution in [2.45, 2.75) is 36.8 Å². The zero-order chi connectivity index (χ0) is 14.6. The molecule has 6 heteroatoms. The summed E-state index contributed by atoms with van der Waals surface area (Å²) < 4.78 is 29.6. The van der Waals surface area contributed by atoms with Gasteiger partial charge in [0.15, 0.2) is 9.84 Å². The third kappa shape index (κ3) is 3.07. The van der Waals surface area contributed by atoms with Crippen molar-refractivity contribution in [3.63, 3.8) is 0 Å². The molecule has 0 heterocycles. The summed E-state index contributed by atoms with van der Waals surface area (Å²) in [5, 5.41) is 8.57. The molecular weight excluding hydrogens is 268 g/mol. The van der Waals surface area contributed by atoms with Gasteiger partial charge in [-0.25, -0.2) is 13.2 Å². The van der Waals surface area contributed by atoms with E-state index in [0.717, 1.165) is 6.07 Å². The van der Waals surface area contributed by atoms with Gasteiger partial charge in [0.25, 0.3) is 0 Å². The van der Waals surface area contributed by atoms with Gasteiger partial charge < -0.3 is 9.84 Å². The van der Waals surface area contributed by atoms with Crippen molar-refractivity contribution in [1.29, 1.82) is 0 Å². The Morgan fingerprint density at radius 3 is 2.32 bits per heavy atom. The molecule has 0 aromatic heterocycles. The van der Waals surface area contributed by atoms with E-state index in [4.69, 9.17) is 9.84 Å². The van der Waals surface area contributed by atoms with Gasteiger partial charge in [-0.15, -0.1) is 0 Å². The molecule has 0 atom stereocenters. The molecule has 0 saturated heterocycles. The molecule has 0 aliphatic rings. The van der Waals surface area contributed by atoms with Crippen LogP contribution >= 0.6 is 0 Å². The number of benzene rings is 1. The molecule has 1 N–H and O–H groups in total. The number of hydrogen-bond acceptors (Lipinski definition) is 4. The monoisotopic (exact) mass is 286 g/mol. The van der Waals surface area contributed by atoms with Crippen LogP contribution in [0.4, 0.5) is 0 Å². The molecule has 0 saturated carbocycles. The predicted molar refractivity (Wildman–Crippen MR) is 71.5 cm³/mol. The van der Waals surface area contributed by atoms with Crippen LogP contribution < -0.4 is 4.74 Å². The largest absolute Gasteiger partial charge is 0.496 e. The molecule has 0 aliphatic carbocycles. The highest BCUT2D eigenvalue weighted by atomic mass is 32.2. The summed E-state index contributed by atoms with van der Waals surface area (Å²) in [6.07, 6.45) is 0.987. The molecule has 0 fully saturated rings. The topological polar surface area (TPSA) is 80.7 Å². The van der Waals surface area contributed by atoms with Crippen molar-refractivity contribution in [1.82, 2.24) is 0 Å². The summed E-state index contributed by atoms with van der Waals surface area (Å²) >= 11 is 0. The first-order valence-electron chi connectivity index (χ1n) is 6.03. The van der Waals surface area contributed by atoms with Gasteiger partial charge in [-0.2, -0.15) is 0 Å². The second kappa shape index (κ2) is 6.06. The molecule has 1 rings (SSSR count). The molecule has 1 aromatic rings. The van der Waals surface area contributed by atoms with Gasteiger partial charge in [-0.3, -0.25) is 0 Å². The number of sulfone groups is 1. The van der Waals surface area contributed by atoms with E-state index in [9.17, 15) is 13.2 Å². The van der Waals surface area contributed by atoms with E-state index in [-0.39, 0.29) is 16.2 Å². The molecule has 0 radical (unpaired) electrons. The molecule has 106 valence electrons. The van der Waals surface area contributed by atoms with Crippen LogP contribution in [0.5, 0.6) is 5.75 Å². The Kier molecular flexibility index (Phi) is 4.94. The van der Waals surface area contributed by atoms with E-state index in [2.05, 4.69) is 0 Å². The molecule has 0 unspecified atom stereocenters. The number of methoxy groups -OCH3 is 1. The molecule has 5 nitrogen and oxygen atoms in total. The number of ether oxygens (including phenoxy) is 1. The second-order valence-electron chi connectivity index (χ2n) is 4.15. The minimum absolute atomic E-state index is 0.0272. The third-order valence-electron chi connectivity index (χ3n) is 3.08. The Balaban J connectivity index is 3.37. The Labute approximate surface area is 113 Å². The average Bonchev–Trinajstić information content (AvgIpc) is 2.38. The van der Waals surface area contributed by atoms with Gasteiger partial charge >= 0.3 is 5.97 Å². The van der Waals surface area contributed by atoms with Crippen molar-refractivity contribution in [2.75, 3.05) is 7.11 Å². The Hall–Kier alpha value is -1.56. The van der Waals surface area contributed by atoms with Gasteiger partial charge in [0.2, 0.25) is 0 Å². The molecule has 1 aromatic carbocycles. The number of carboxylic acid groups (broad SMARTS) is 1. The lowest BCUT2D eigenvalue weighted by atomic mass is 10.2. The summed E-state index contributed by atoms with van der Waals surface area (Å²) in [5.74, 6) is -1.06. The van der Waals surface area contributed by atoms with Crippen LogP contribution in [0.15, 0.2) is 23.1 Å². The highest BCUT2D eigenvalue weighted by Gasteiger charge is 2.26. The number of carbonyl (C=O) groups is 1. The number of rotatable bonds is 6. The maximum absolute atomic E-state index is 12.3. The zero-order valence-corrected chi connectivity index (χ0v) is 12.0. The van der Waals surface area contributed by atoms with Crippen LogP contribution in [0.1, 0.15) is 37.0 Å². The Bertz CT molecular complexity index is 558. The minimum atomic E-state index is -3.50. The molecular formula is C13H18O5S. The van der Waals surface area contributed by atoms with E-state index < -0.39 is 21.1 Å². The van der Waals surface area contributed by atoms with Crippen molar-refractivity contribution >= 4 is 15.8 Å². The fourth-order valence-corrected chi connectivity index (χ4v) is 3.75. The fraction of sp³-hybridized carbons (Fsp3) is 0.462. The van der Waals surface area contributed by atoms with E-state index in [1.165, 1.54) is 19.2 Å². The smallest absolute Gasteiger partial charge is 0.339 e. The Morgan fingerprint density at radius 2 is 1.89 bits per heavy atom. The summed E-state index contributed by atoms with van der Waals surface area (Å²) in [5.41, 5.74) is -0.144. The van der Waals surface area contributed by atoms with Gasteiger partial charge in [0, 0.05) is 0 Å². The SMILES string of the molecule is CCC(CC)S(=O)(=O)c1ccc(OC)c(C(=O)O)c1. The number of aromatic carboxylic acids is 1. The van der Waals surface area contributed by atoms with Crippen molar-refractivity contribution in [3.05, 3.63) is 23.8 Å². The molecule has 0 spiro atoms. The lowest BCUT2D eigenvalue weighted by molar-refractivity contribution is 0.0693. The van der Waals surface area contributed by atoms with Crippen molar-refractivity contribution in [3.8, 4) is 5.75 Å². The second-order valence-corrected chi connectivity index (χ2v) is 6.38. The highest BCUT2D eigenvalue weighted by molar-refractivity contribution is 7.92. The van der Waals surface area contributed by atoms with Gasteiger partial charge in [-0.05, 0) is 31.0 Å². The number of hydrogen-bond donors (Lipinski definition) is 1. The average molecular weight is 286 g/mol. The first-order chi connectivity index (χ1) is 8.88. The Morgan fingerprint density at radius 1 is 1.32 bits per heavy atom. The molecule has 19 heavy (non-hydrogen) atoms. The van der Waals surface area contributed by atoms with Crippen molar-refractivity contribution in [2.24, 2.45) is 0 Å². The van der Waals surface area contributed by atoms with Crippen LogP contribution in [0, 0.1) is 0 Å². The predicted octanol–water partition coefficient (Wildman–Crippen LogP) is 2.36. The fourth-order valence-electron chi connectivity index (χ4n) is 1.95. The van der Waals surface area contributed by atoms with Crippen LogP contribution in [0.25, 0.3) is 0 Å². The van der Waals surface area contributed by atoms with Crippen LogP contribution in [-0.4, -0.2) is 31.9 Å². The first-order valence-corrected chi connectivity index (χ1v) is 7.58. The quantitative estimate of drug-likeness (QED) is 0.868. The zero-order valence-electron chi connectivity index (χ0n) is 11.2. The van der Waals surface area contributed by atoms with Crippen LogP contribution in [0.2, 0.25) is 0 Å². The normalized spacial score (nSPS) is 11.6. The van der Waals surface area contributed by atoms with Crippen molar-refractivity contribution < 1.29 is 23.1 Å². The lowest BCUT2D eigenvalue weighted by Crippen LogP contribution is -2.20. The van der Waals surface area contributed by atoms with Gasteiger partial charge in [0.1, 0.15) is 11.3 Å². The van der Waals surface area contributed by atoms with E-state index in [1.807, 2.05) is 0 Å². The van der Waals surface area contributed by atoms with E-state index in [1.54, 1.807) is 13.8 Å². The maximum atomic E-state index is 12.3. The van der Waals surface area contributed by atoms with Gasteiger partial charge in [-0.1, -0.05) is 13.8 Å². The van der Waals surface area contributed by atoms with Crippen LogP contribution in [0.3, 0.4) is 0 Å². The lowest BCUT2D eigenvalue weighted by Gasteiger charge is -2.15. The molecule has 0 bridgehead atoms. The van der Waals surface area contributed by atoms with Crippen LogP contribution in [-0.2, 0) is 9.84 Å². The minimum Gasteiger partial charge on any atom is -0.496 e. The summed E-state index contributed by atoms with van der Waals surface area (Å²) in [6.45, 7) is 3.60. The molecule has 0 aliphatic heterocycles. The summed E-state index contributed by atoms with van der Waals surface area (Å²) in [6, 6.07) is 3.92. The third-order valence-corrected chi connectivity index (χ3v) is 5.53. The van der Waals surface area contributed by atoms with E-state index >= 15 is 0 Å². The summed E-state index contributed by atoms with van der Waals surface area (Å²) in [7, 11) is -2.16. The number of carboxylic acids is 1. The van der Waals surface area contributed by atoms with Gasteiger partial charge in [0.05, 0.1) is 17.3 Å². The molecule has 0 amide bonds. The first kappa shape index (κ1) is 15.5. The summed E-state index contributed by atoms with van der Waals surface area (Å²) in [4.78, 5) is 11.1. The maximum Gasteiger partial charge on any atom is 0.339 e. The highest BCUT2D eigenvalue weighted by Crippen LogP contribution is 2.26. The standard InChI is InChI=1S/C13H18O5S/c1-4-9(5-2)19(16,17)10-6-7-12(18-3)11(8-10)13(14)15/h6-9H,4-5H2,1-3H3,(H,14,15). The van der Waals surface area contributed by atoms with E-state index in [0.29, 0.717) is 12.8 Å².